The Labute approximate surface area is 85.6 Å². The van der Waals surface area contributed by atoms with Gasteiger partial charge >= 0.3 is 6.09 Å². The molecule has 1 fully saturated rings. The van der Waals surface area contributed by atoms with E-state index in [0.717, 1.165) is 32.4 Å². The quantitative estimate of drug-likeness (QED) is 0.728. The minimum absolute atomic E-state index is 0.195. The van der Waals surface area contributed by atoms with E-state index in [4.69, 9.17) is 4.74 Å². The summed E-state index contributed by atoms with van der Waals surface area (Å²) in [6.45, 7) is 4.34. The molecule has 1 amide bonds. The van der Waals surface area contributed by atoms with Crippen molar-refractivity contribution in [2.45, 2.75) is 32.2 Å². The Kier molecular flexibility index (Phi) is 4.73. The van der Waals surface area contributed by atoms with Crippen LogP contribution in [0.15, 0.2) is 0 Å². The molecule has 0 aromatic heterocycles. The molecule has 1 atom stereocenters. The molecule has 14 heavy (non-hydrogen) atoms. The number of carbonyl (C=O) groups excluding carboxylic acids is 1. The molecule has 0 aromatic rings. The highest BCUT2D eigenvalue weighted by atomic mass is 16.6. The fourth-order valence-corrected chi connectivity index (χ4v) is 1.76. The molecule has 1 unspecified atom stereocenters. The fourth-order valence-electron chi connectivity index (χ4n) is 1.76. The van der Waals surface area contributed by atoms with Crippen LogP contribution in [-0.4, -0.2) is 43.8 Å². The van der Waals surface area contributed by atoms with Crippen molar-refractivity contribution < 1.29 is 9.53 Å². The first-order chi connectivity index (χ1) is 6.75. The highest BCUT2D eigenvalue weighted by Gasteiger charge is 2.21. The second-order valence-corrected chi connectivity index (χ2v) is 3.64. The third-order valence-electron chi connectivity index (χ3n) is 2.65. The zero-order valence-corrected chi connectivity index (χ0v) is 9.08. The number of ether oxygens (including phenoxy) is 1. The fraction of sp³-hybridized carbons (Fsp3) is 0.900. The lowest BCUT2D eigenvalue weighted by Gasteiger charge is -2.25. The third kappa shape index (κ3) is 3.18. The standard InChI is InChI=1S/C10H20N2O2/c1-3-14-10(13)12(2)9-5-4-7-11-8-6-9/h9,11H,3-8H2,1-2H3. The van der Waals surface area contributed by atoms with E-state index in [1.54, 1.807) is 4.90 Å². The minimum Gasteiger partial charge on any atom is -0.450 e. The molecule has 1 saturated heterocycles. The summed E-state index contributed by atoms with van der Waals surface area (Å²) in [5.74, 6) is 0. The Balaban J connectivity index is 2.40. The summed E-state index contributed by atoms with van der Waals surface area (Å²) in [5, 5.41) is 3.32. The van der Waals surface area contributed by atoms with Gasteiger partial charge in [-0.25, -0.2) is 4.79 Å². The maximum atomic E-state index is 11.4. The van der Waals surface area contributed by atoms with Crippen LogP contribution in [0.1, 0.15) is 26.2 Å². The van der Waals surface area contributed by atoms with E-state index in [2.05, 4.69) is 5.32 Å². The Bertz CT molecular complexity index is 177. The lowest BCUT2D eigenvalue weighted by molar-refractivity contribution is 0.0989. The van der Waals surface area contributed by atoms with Gasteiger partial charge in [-0.05, 0) is 39.3 Å². The Hall–Kier alpha value is -0.770. The van der Waals surface area contributed by atoms with Gasteiger partial charge in [0.25, 0.3) is 0 Å². The average Bonchev–Trinajstić information content (AvgIpc) is 2.45. The molecule has 1 aliphatic rings. The van der Waals surface area contributed by atoms with E-state index in [9.17, 15) is 4.79 Å². The molecule has 0 bridgehead atoms. The normalized spacial score (nSPS) is 22.6. The number of carbonyl (C=O) groups is 1. The van der Waals surface area contributed by atoms with Crippen LogP contribution in [0.4, 0.5) is 4.79 Å². The average molecular weight is 200 g/mol. The summed E-state index contributed by atoms with van der Waals surface area (Å²) >= 11 is 0. The van der Waals surface area contributed by atoms with E-state index in [1.807, 2.05) is 14.0 Å². The van der Waals surface area contributed by atoms with Crippen molar-refractivity contribution in [2.75, 3.05) is 26.7 Å². The van der Waals surface area contributed by atoms with Crippen LogP contribution in [0.2, 0.25) is 0 Å². The molecule has 1 N–H and O–H groups in total. The summed E-state index contributed by atoms with van der Waals surface area (Å²) in [6.07, 6.45) is 3.03. The largest absolute Gasteiger partial charge is 0.450 e. The monoisotopic (exact) mass is 200 g/mol. The van der Waals surface area contributed by atoms with Crippen LogP contribution in [-0.2, 0) is 4.74 Å². The first-order valence-electron chi connectivity index (χ1n) is 5.36. The van der Waals surface area contributed by atoms with Gasteiger partial charge in [-0.1, -0.05) is 0 Å². The van der Waals surface area contributed by atoms with Crippen molar-refractivity contribution >= 4 is 6.09 Å². The summed E-state index contributed by atoms with van der Waals surface area (Å²) in [4.78, 5) is 13.2. The highest BCUT2D eigenvalue weighted by Crippen LogP contribution is 2.12. The van der Waals surface area contributed by atoms with Gasteiger partial charge in [0.1, 0.15) is 0 Å². The minimum atomic E-state index is -0.195. The molecule has 4 nitrogen and oxygen atoms in total. The van der Waals surface area contributed by atoms with E-state index in [1.165, 1.54) is 0 Å². The Morgan fingerprint density at radius 2 is 2.29 bits per heavy atom. The second-order valence-electron chi connectivity index (χ2n) is 3.64. The molecule has 1 rings (SSSR count). The van der Waals surface area contributed by atoms with Crippen LogP contribution >= 0.6 is 0 Å². The molecule has 0 aromatic carbocycles. The summed E-state index contributed by atoms with van der Waals surface area (Å²) in [5.41, 5.74) is 0. The molecule has 0 spiro atoms. The zero-order chi connectivity index (χ0) is 10.4. The van der Waals surface area contributed by atoms with Gasteiger partial charge in [0.2, 0.25) is 0 Å². The van der Waals surface area contributed by atoms with E-state index in [0.29, 0.717) is 12.6 Å². The van der Waals surface area contributed by atoms with Crippen LogP contribution in [0.25, 0.3) is 0 Å². The van der Waals surface area contributed by atoms with Gasteiger partial charge in [0, 0.05) is 13.1 Å². The molecule has 1 aliphatic heterocycles. The van der Waals surface area contributed by atoms with E-state index < -0.39 is 0 Å². The summed E-state index contributed by atoms with van der Waals surface area (Å²) in [6, 6.07) is 0.337. The topological polar surface area (TPSA) is 41.6 Å². The second kappa shape index (κ2) is 5.86. The van der Waals surface area contributed by atoms with Gasteiger partial charge in [-0.15, -0.1) is 0 Å². The lowest BCUT2D eigenvalue weighted by Crippen LogP contribution is -2.37. The van der Waals surface area contributed by atoms with E-state index >= 15 is 0 Å². The molecule has 0 radical (unpaired) electrons. The SMILES string of the molecule is CCOC(=O)N(C)C1CCCNCC1. The van der Waals surface area contributed by atoms with Crippen molar-refractivity contribution in [3.05, 3.63) is 0 Å². The third-order valence-corrected chi connectivity index (χ3v) is 2.65. The lowest BCUT2D eigenvalue weighted by atomic mass is 10.1. The zero-order valence-electron chi connectivity index (χ0n) is 9.08. The van der Waals surface area contributed by atoms with Crippen molar-refractivity contribution in [1.82, 2.24) is 10.2 Å². The molecular formula is C10H20N2O2. The Morgan fingerprint density at radius 1 is 1.50 bits per heavy atom. The van der Waals surface area contributed by atoms with Crippen molar-refractivity contribution in [3.63, 3.8) is 0 Å². The number of nitrogens with zero attached hydrogens (tertiary/aromatic N) is 1. The number of hydrogen-bond acceptors (Lipinski definition) is 3. The van der Waals surface area contributed by atoms with Crippen LogP contribution in [0.5, 0.6) is 0 Å². The number of amides is 1. The van der Waals surface area contributed by atoms with Gasteiger partial charge < -0.3 is 15.0 Å². The molecule has 0 saturated carbocycles. The van der Waals surface area contributed by atoms with Crippen LogP contribution in [0.3, 0.4) is 0 Å². The summed E-state index contributed by atoms with van der Waals surface area (Å²) in [7, 11) is 1.83. The summed E-state index contributed by atoms with van der Waals surface area (Å²) < 4.78 is 4.96. The molecule has 4 heteroatoms. The number of rotatable bonds is 2. The molecular weight excluding hydrogens is 180 g/mol. The molecule has 0 aliphatic carbocycles. The maximum absolute atomic E-state index is 11.4. The van der Waals surface area contributed by atoms with Crippen LogP contribution in [0, 0.1) is 0 Å². The predicted molar refractivity (Wildman–Crippen MR) is 55.3 cm³/mol. The number of hydrogen-bond donors (Lipinski definition) is 1. The molecule has 82 valence electrons. The van der Waals surface area contributed by atoms with Gasteiger partial charge in [-0.3, -0.25) is 0 Å². The predicted octanol–water partition coefficient (Wildman–Crippen LogP) is 1.22. The van der Waals surface area contributed by atoms with Gasteiger partial charge in [0.15, 0.2) is 0 Å². The first kappa shape index (κ1) is 11.3. The number of nitrogens with one attached hydrogen (secondary N) is 1. The van der Waals surface area contributed by atoms with Gasteiger partial charge in [0.05, 0.1) is 6.61 Å². The van der Waals surface area contributed by atoms with Crippen molar-refractivity contribution in [2.24, 2.45) is 0 Å². The molecule has 1 heterocycles. The van der Waals surface area contributed by atoms with Crippen molar-refractivity contribution in [3.8, 4) is 0 Å². The Morgan fingerprint density at radius 3 is 3.00 bits per heavy atom. The highest BCUT2D eigenvalue weighted by molar-refractivity contribution is 5.67. The van der Waals surface area contributed by atoms with Gasteiger partial charge in [-0.2, -0.15) is 0 Å². The first-order valence-corrected chi connectivity index (χ1v) is 5.36. The maximum Gasteiger partial charge on any atom is 0.409 e. The van der Waals surface area contributed by atoms with E-state index in [-0.39, 0.29) is 6.09 Å². The van der Waals surface area contributed by atoms with Crippen molar-refractivity contribution in [1.29, 1.82) is 0 Å². The van der Waals surface area contributed by atoms with Crippen LogP contribution < -0.4 is 5.32 Å². The smallest absolute Gasteiger partial charge is 0.409 e.